The van der Waals surface area contributed by atoms with Gasteiger partial charge < -0.3 is 14.5 Å². The number of anilines is 1. The van der Waals surface area contributed by atoms with E-state index in [1.165, 1.54) is 23.5 Å². The number of ether oxygens (including phenoxy) is 1. The molecular formula is C18H28N4O6S. The maximum atomic E-state index is 12.7. The van der Waals surface area contributed by atoms with E-state index in [1.807, 2.05) is 0 Å². The van der Waals surface area contributed by atoms with E-state index in [4.69, 9.17) is 4.74 Å². The van der Waals surface area contributed by atoms with Crippen molar-refractivity contribution in [3.05, 3.63) is 28.3 Å². The molecule has 1 aromatic rings. The van der Waals surface area contributed by atoms with Crippen molar-refractivity contribution in [1.29, 1.82) is 0 Å². The number of carbonyl (C=O) groups excluding carboxylic acids is 1. The van der Waals surface area contributed by atoms with Crippen molar-refractivity contribution in [1.82, 2.24) is 9.21 Å². The molecular weight excluding hydrogens is 400 g/mol. The standard InChI is InChI=1S/C18H28N4O6S/c1-5-21(6-2)29(26,27)15-7-8-16(17(13-15)22(24)25)19-9-11-20(12-10-19)18(23)14(3)28-4/h7-8,13-14H,5-6,9-12H2,1-4H3/t14-/m0/s1. The molecule has 0 N–H and O–H groups in total. The summed E-state index contributed by atoms with van der Waals surface area (Å²) in [5, 5.41) is 11.6. The van der Waals surface area contributed by atoms with Crippen LogP contribution in [-0.2, 0) is 19.6 Å². The Morgan fingerprint density at radius 1 is 1.24 bits per heavy atom. The smallest absolute Gasteiger partial charge is 0.293 e. The number of sulfonamides is 1. The van der Waals surface area contributed by atoms with Crippen molar-refractivity contribution in [2.24, 2.45) is 0 Å². The molecule has 0 bridgehead atoms. The topological polar surface area (TPSA) is 113 Å². The first kappa shape index (κ1) is 23.0. The van der Waals surface area contributed by atoms with Crippen LogP contribution in [0.25, 0.3) is 0 Å². The van der Waals surface area contributed by atoms with Crippen molar-refractivity contribution >= 4 is 27.3 Å². The van der Waals surface area contributed by atoms with Gasteiger partial charge in [0.1, 0.15) is 11.8 Å². The second-order valence-electron chi connectivity index (χ2n) is 6.69. The summed E-state index contributed by atoms with van der Waals surface area (Å²) in [6.07, 6.45) is -0.541. The molecule has 0 unspecified atom stereocenters. The molecule has 0 spiro atoms. The van der Waals surface area contributed by atoms with Gasteiger partial charge in [-0.15, -0.1) is 0 Å². The number of hydrogen-bond acceptors (Lipinski definition) is 7. The zero-order valence-electron chi connectivity index (χ0n) is 17.2. The summed E-state index contributed by atoms with van der Waals surface area (Å²) < 4.78 is 31.7. The van der Waals surface area contributed by atoms with Gasteiger partial charge in [0.2, 0.25) is 10.0 Å². The minimum atomic E-state index is -3.79. The molecule has 1 fully saturated rings. The third-order valence-corrected chi connectivity index (χ3v) is 7.17. The Hall–Kier alpha value is -2.24. The van der Waals surface area contributed by atoms with Gasteiger partial charge in [-0.25, -0.2) is 8.42 Å². The number of nitrogens with zero attached hydrogens (tertiary/aromatic N) is 4. The van der Waals surface area contributed by atoms with Crippen LogP contribution in [0.5, 0.6) is 0 Å². The lowest BCUT2D eigenvalue weighted by Crippen LogP contribution is -2.51. The fourth-order valence-electron chi connectivity index (χ4n) is 3.32. The Bertz CT molecular complexity index is 848. The van der Waals surface area contributed by atoms with Crippen LogP contribution in [0.3, 0.4) is 0 Å². The molecule has 1 aliphatic heterocycles. The van der Waals surface area contributed by atoms with Gasteiger partial charge in [0, 0.05) is 52.4 Å². The second kappa shape index (κ2) is 9.51. The fourth-order valence-corrected chi connectivity index (χ4v) is 4.79. The van der Waals surface area contributed by atoms with Gasteiger partial charge in [0.15, 0.2) is 0 Å². The SMILES string of the molecule is CCN(CC)S(=O)(=O)c1ccc(N2CCN(C(=O)[C@H](C)OC)CC2)c([N+](=O)[O-])c1. The van der Waals surface area contributed by atoms with E-state index < -0.39 is 21.1 Å². The summed E-state index contributed by atoms with van der Waals surface area (Å²) in [6.45, 7) is 7.30. The van der Waals surface area contributed by atoms with Crippen LogP contribution in [0.1, 0.15) is 20.8 Å². The van der Waals surface area contributed by atoms with E-state index in [2.05, 4.69) is 0 Å². The van der Waals surface area contributed by atoms with Crippen LogP contribution in [0.15, 0.2) is 23.1 Å². The molecule has 1 heterocycles. The molecule has 1 aromatic carbocycles. The molecule has 1 saturated heterocycles. The van der Waals surface area contributed by atoms with Crippen molar-refractivity contribution in [3.63, 3.8) is 0 Å². The van der Waals surface area contributed by atoms with Gasteiger partial charge in [-0.3, -0.25) is 14.9 Å². The van der Waals surface area contributed by atoms with Crippen molar-refractivity contribution in [2.75, 3.05) is 51.3 Å². The lowest BCUT2D eigenvalue weighted by Gasteiger charge is -2.36. The Labute approximate surface area is 171 Å². The summed E-state index contributed by atoms with van der Waals surface area (Å²) in [5.74, 6) is -0.123. The van der Waals surface area contributed by atoms with Crippen LogP contribution < -0.4 is 4.90 Å². The van der Waals surface area contributed by atoms with Crippen LogP contribution in [0.4, 0.5) is 11.4 Å². The van der Waals surface area contributed by atoms with E-state index >= 15 is 0 Å². The van der Waals surface area contributed by atoms with Crippen LogP contribution in [-0.4, -0.2) is 80.9 Å². The van der Waals surface area contributed by atoms with E-state index in [0.29, 0.717) is 31.9 Å². The predicted molar refractivity (Wildman–Crippen MR) is 108 cm³/mol. The number of nitro benzene ring substituents is 1. The van der Waals surface area contributed by atoms with Gasteiger partial charge in [-0.2, -0.15) is 4.31 Å². The fraction of sp³-hybridized carbons (Fsp3) is 0.611. The Balaban J connectivity index is 2.27. The van der Waals surface area contributed by atoms with Crippen LogP contribution >= 0.6 is 0 Å². The summed E-state index contributed by atoms with van der Waals surface area (Å²) in [5.41, 5.74) is 0.0867. The molecule has 1 aliphatic rings. The number of piperazine rings is 1. The van der Waals surface area contributed by atoms with E-state index in [-0.39, 0.29) is 29.6 Å². The van der Waals surface area contributed by atoms with Gasteiger partial charge in [-0.05, 0) is 19.1 Å². The Kier molecular flexibility index (Phi) is 7.55. The van der Waals surface area contributed by atoms with Gasteiger partial charge in [0.05, 0.1) is 9.82 Å². The first-order valence-electron chi connectivity index (χ1n) is 9.52. The molecule has 1 atom stereocenters. The molecule has 162 valence electrons. The van der Waals surface area contributed by atoms with Crippen molar-refractivity contribution in [3.8, 4) is 0 Å². The third-order valence-electron chi connectivity index (χ3n) is 5.12. The Morgan fingerprint density at radius 3 is 2.31 bits per heavy atom. The van der Waals surface area contributed by atoms with Crippen molar-refractivity contribution < 1.29 is 22.9 Å². The molecule has 1 amide bonds. The number of rotatable bonds is 8. The molecule has 11 heteroatoms. The van der Waals surface area contributed by atoms with Crippen LogP contribution in [0.2, 0.25) is 0 Å². The summed E-state index contributed by atoms with van der Waals surface area (Å²) >= 11 is 0. The molecule has 2 rings (SSSR count). The maximum absolute atomic E-state index is 12.7. The highest BCUT2D eigenvalue weighted by molar-refractivity contribution is 7.89. The number of hydrogen-bond donors (Lipinski definition) is 0. The largest absolute Gasteiger partial charge is 0.372 e. The molecule has 0 saturated carbocycles. The first-order chi connectivity index (χ1) is 13.7. The predicted octanol–water partition coefficient (Wildman–Crippen LogP) is 1.31. The number of nitro groups is 1. The summed E-state index contributed by atoms with van der Waals surface area (Å²) in [7, 11) is -2.33. The molecule has 0 radical (unpaired) electrons. The minimum Gasteiger partial charge on any atom is -0.372 e. The zero-order chi connectivity index (χ0) is 21.8. The summed E-state index contributed by atoms with van der Waals surface area (Å²) in [4.78, 5) is 26.7. The van der Waals surface area contributed by atoms with Crippen LogP contribution in [0, 0.1) is 10.1 Å². The lowest BCUT2D eigenvalue weighted by molar-refractivity contribution is -0.384. The Morgan fingerprint density at radius 2 is 1.83 bits per heavy atom. The monoisotopic (exact) mass is 428 g/mol. The van der Waals surface area contributed by atoms with Gasteiger partial charge in [-0.1, -0.05) is 13.8 Å². The second-order valence-corrected chi connectivity index (χ2v) is 8.63. The highest BCUT2D eigenvalue weighted by atomic mass is 32.2. The maximum Gasteiger partial charge on any atom is 0.293 e. The van der Waals surface area contributed by atoms with E-state index in [1.54, 1.807) is 30.6 Å². The number of amides is 1. The van der Waals surface area contributed by atoms with E-state index in [9.17, 15) is 23.3 Å². The third kappa shape index (κ3) is 4.85. The zero-order valence-corrected chi connectivity index (χ0v) is 18.0. The quantitative estimate of drug-likeness (QED) is 0.453. The average Bonchev–Trinajstić information content (AvgIpc) is 2.72. The van der Waals surface area contributed by atoms with Crippen molar-refractivity contribution in [2.45, 2.75) is 31.8 Å². The highest BCUT2D eigenvalue weighted by Gasteiger charge is 2.30. The lowest BCUT2D eigenvalue weighted by atomic mass is 10.2. The van der Waals surface area contributed by atoms with Gasteiger partial charge in [0.25, 0.3) is 11.6 Å². The number of methoxy groups -OCH3 is 1. The number of benzene rings is 1. The van der Waals surface area contributed by atoms with E-state index in [0.717, 1.165) is 6.07 Å². The summed E-state index contributed by atoms with van der Waals surface area (Å²) in [6, 6.07) is 4.00. The van der Waals surface area contributed by atoms with Gasteiger partial charge >= 0.3 is 0 Å². The molecule has 29 heavy (non-hydrogen) atoms. The first-order valence-corrected chi connectivity index (χ1v) is 11.0. The average molecular weight is 429 g/mol. The molecule has 10 nitrogen and oxygen atoms in total. The molecule has 0 aromatic heterocycles. The highest BCUT2D eigenvalue weighted by Crippen LogP contribution is 2.32. The minimum absolute atomic E-state index is 0.0978. The number of carbonyl (C=O) groups is 1. The molecule has 0 aliphatic carbocycles. The normalized spacial score (nSPS) is 16.2.